The molecule has 0 unspecified atom stereocenters. The predicted octanol–water partition coefficient (Wildman–Crippen LogP) is 2.92. The third-order valence-electron chi connectivity index (χ3n) is 3.47. The maximum Gasteiger partial charge on any atom is 0.250 e. The smallest absolute Gasteiger partial charge is 0.250 e. The van der Waals surface area contributed by atoms with Gasteiger partial charge in [0, 0.05) is 41.7 Å². The molecule has 0 saturated carbocycles. The molecule has 1 amide bonds. The van der Waals surface area contributed by atoms with Gasteiger partial charge in [-0.3, -0.25) is 4.79 Å². The Morgan fingerprint density at radius 2 is 1.90 bits per heavy atom. The van der Waals surface area contributed by atoms with Crippen LogP contribution in [0.1, 0.15) is 0 Å². The summed E-state index contributed by atoms with van der Waals surface area (Å²) < 4.78 is 6.98. The summed E-state index contributed by atoms with van der Waals surface area (Å²) in [6.45, 7) is 0.0631. The number of hydrogen-bond donors (Lipinski definition) is 1. The highest BCUT2D eigenvalue weighted by Crippen LogP contribution is 2.29. The predicted molar refractivity (Wildman–Crippen MR) is 80.9 cm³/mol. The zero-order valence-corrected chi connectivity index (χ0v) is 11.5. The topological polar surface area (TPSA) is 43.3 Å². The minimum atomic E-state index is -0.146. The number of fused-ring (bicyclic) bond motifs is 3. The maximum absolute atomic E-state index is 11.6. The normalized spacial score (nSPS) is 11.1. The molecular weight excluding hydrogens is 252 g/mol. The fraction of sp³-hybridized carbons (Fsp3) is 0.188. The standard InChI is InChI=1S/C16H16N2O2/c1-18-14-6-4-3-5-12(14)13-9-11(7-8-15(13)18)17-16(19)10-20-2/h3-9H,10H2,1-2H3,(H,17,19). The summed E-state index contributed by atoms with van der Waals surface area (Å²) in [6, 6.07) is 14.2. The molecule has 0 aliphatic heterocycles. The van der Waals surface area contributed by atoms with Crippen molar-refractivity contribution in [3.05, 3.63) is 42.5 Å². The lowest BCUT2D eigenvalue weighted by molar-refractivity contribution is -0.119. The van der Waals surface area contributed by atoms with E-state index in [0.717, 1.165) is 16.6 Å². The van der Waals surface area contributed by atoms with Gasteiger partial charge in [-0.15, -0.1) is 0 Å². The van der Waals surface area contributed by atoms with Crippen molar-refractivity contribution in [2.24, 2.45) is 7.05 Å². The second-order valence-electron chi connectivity index (χ2n) is 4.79. The molecule has 0 bridgehead atoms. The number of nitrogens with zero attached hydrogens (tertiary/aromatic N) is 1. The van der Waals surface area contributed by atoms with Gasteiger partial charge in [-0.25, -0.2) is 0 Å². The van der Waals surface area contributed by atoms with Crippen molar-refractivity contribution in [1.29, 1.82) is 0 Å². The van der Waals surface area contributed by atoms with E-state index >= 15 is 0 Å². The van der Waals surface area contributed by atoms with Gasteiger partial charge < -0.3 is 14.6 Å². The van der Waals surface area contributed by atoms with Crippen molar-refractivity contribution < 1.29 is 9.53 Å². The molecule has 0 fully saturated rings. The second-order valence-corrected chi connectivity index (χ2v) is 4.79. The van der Waals surface area contributed by atoms with E-state index in [0.29, 0.717) is 0 Å². The van der Waals surface area contributed by atoms with Crippen molar-refractivity contribution in [1.82, 2.24) is 4.57 Å². The monoisotopic (exact) mass is 268 g/mol. The Labute approximate surface area is 116 Å². The van der Waals surface area contributed by atoms with Crippen LogP contribution in [0.2, 0.25) is 0 Å². The van der Waals surface area contributed by atoms with Gasteiger partial charge in [0.25, 0.3) is 0 Å². The first-order chi connectivity index (χ1) is 9.70. The first-order valence-electron chi connectivity index (χ1n) is 6.46. The maximum atomic E-state index is 11.6. The molecule has 0 radical (unpaired) electrons. The van der Waals surface area contributed by atoms with Gasteiger partial charge in [0.15, 0.2) is 0 Å². The number of methoxy groups -OCH3 is 1. The van der Waals surface area contributed by atoms with E-state index in [1.165, 1.54) is 18.0 Å². The highest BCUT2D eigenvalue weighted by molar-refractivity contribution is 6.09. The number of aryl methyl sites for hydroxylation is 1. The van der Waals surface area contributed by atoms with Crippen LogP contribution in [-0.4, -0.2) is 24.2 Å². The molecule has 3 aromatic rings. The number of benzene rings is 2. The Kier molecular flexibility index (Phi) is 3.16. The van der Waals surface area contributed by atoms with E-state index in [-0.39, 0.29) is 12.5 Å². The van der Waals surface area contributed by atoms with Crippen molar-refractivity contribution in [2.75, 3.05) is 19.0 Å². The number of hydrogen-bond acceptors (Lipinski definition) is 2. The van der Waals surface area contributed by atoms with Crippen LogP contribution in [0.5, 0.6) is 0 Å². The Hall–Kier alpha value is -2.33. The molecule has 4 heteroatoms. The first kappa shape index (κ1) is 12.7. The quantitative estimate of drug-likeness (QED) is 0.793. The number of carbonyl (C=O) groups excluding carboxylic acids is 1. The largest absolute Gasteiger partial charge is 0.375 e. The van der Waals surface area contributed by atoms with Crippen LogP contribution in [0, 0.1) is 0 Å². The van der Waals surface area contributed by atoms with Crippen molar-refractivity contribution >= 4 is 33.4 Å². The number of nitrogens with one attached hydrogen (secondary N) is 1. The minimum absolute atomic E-state index is 0.0631. The third kappa shape index (κ3) is 2.04. The molecule has 0 atom stereocenters. The Morgan fingerprint density at radius 3 is 2.70 bits per heavy atom. The van der Waals surface area contributed by atoms with E-state index in [1.807, 2.05) is 37.4 Å². The van der Waals surface area contributed by atoms with Crippen LogP contribution >= 0.6 is 0 Å². The molecule has 20 heavy (non-hydrogen) atoms. The van der Waals surface area contributed by atoms with Crippen LogP contribution in [0.3, 0.4) is 0 Å². The van der Waals surface area contributed by atoms with E-state index in [4.69, 9.17) is 4.74 Å². The summed E-state index contributed by atoms with van der Waals surface area (Å²) in [5.74, 6) is -0.146. The molecule has 102 valence electrons. The summed E-state index contributed by atoms with van der Waals surface area (Å²) in [4.78, 5) is 11.6. The number of aromatic nitrogens is 1. The Bertz CT molecular complexity index is 790. The Morgan fingerprint density at radius 1 is 1.15 bits per heavy atom. The van der Waals surface area contributed by atoms with Crippen LogP contribution in [0.15, 0.2) is 42.5 Å². The number of anilines is 1. The lowest BCUT2D eigenvalue weighted by Gasteiger charge is -2.05. The fourth-order valence-corrected chi connectivity index (χ4v) is 2.57. The van der Waals surface area contributed by atoms with Crippen LogP contribution in [0.4, 0.5) is 5.69 Å². The van der Waals surface area contributed by atoms with Crippen molar-refractivity contribution in [3.8, 4) is 0 Å². The summed E-state index contributed by atoms with van der Waals surface area (Å²) >= 11 is 0. The molecule has 3 rings (SSSR count). The molecule has 0 saturated heterocycles. The number of ether oxygens (including phenoxy) is 1. The molecule has 0 spiro atoms. The number of rotatable bonds is 3. The van der Waals surface area contributed by atoms with Crippen LogP contribution in [-0.2, 0) is 16.6 Å². The molecule has 2 aromatic carbocycles. The number of carbonyl (C=O) groups is 1. The van der Waals surface area contributed by atoms with Gasteiger partial charge in [-0.1, -0.05) is 18.2 Å². The fourth-order valence-electron chi connectivity index (χ4n) is 2.57. The average Bonchev–Trinajstić information content (AvgIpc) is 2.73. The molecular formula is C16H16N2O2. The van der Waals surface area contributed by atoms with Gasteiger partial charge in [0.1, 0.15) is 6.61 Å². The molecule has 0 aliphatic carbocycles. The molecule has 4 nitrogen and oxygen atoms in total. The summed E-state index contributed by atoms with van der Waals surface area (Å²) in [6.07, 6.45) is 0. The average molecular weight is 268 g/mol. The highest BCUT2D eigenvalue weighted by Gasteiger charge is 2.09. The number of amides is 1. The van der Waals surface area contributed by atoms with E-state index in [2.05, 4.69) is 22.0 Å². The molecule has 1 heterocycles. The molecule has 0 aliphatic rings. The van der Waals surface area contributed by atoms with Crippen molar-refractivity contribution in [2.45, 2.75) is 0 Å². The van der Waals surface area contributed by atoms with Crippen molar-refractivity contribution in [3.63, 3.8) is 0 Å². The van der Waals surface area contributed by atoms with Gasteiger partial charge in [0.05, 0.1) is 0 Å². The lowest BCUT2D eigenvalue weighted by atomic mass is 10.1. The SMILES string of the molecule is COCC(=O)Nc1ccc2c(c1)c1ccccc1n2C. The highest BCUT2D eigenvalue weighted by atomic mass is 16.5. The van der Waals surface area contributed by atoms with E-state index in [1.54, 1.807) is 0 Å². The molecule has 1 aromatic heterocycles. The van der Waals surface area contributed by atoms with Crippen LogP contribution in [0.25, 0.3) is 21.8 Å². The van der Waals surface area contributed by atoms with E-state index in [9.17, 15) is 4.79 Å². The zero-order valence-electron chi connectivity index (χ0n) is 11.5. The Balaban J connectivity index is 2.11. The minimum Gasteiger partial charge on any atom is -0.375 e. The van der Waals surface area contributed by atoms with E-state index < -0.39 is 0 Å². The van der Waals surface area contributed by atoms with Gasteiger partial charge >= 0.3 is 0 Å². The number of para-hydroxylation sites is 1. The second kappa shape index (κ2) is 4.98. The first-order valence-corrected chi connectivity index (χ1v) is 6.46. The summed E-state index contributed by atoms with van der Waals surface area (Å²) in [7, 11) is 3.56. The lowest BCUT2D eigenvalue weighted by Crippen LogP contribution is -2.16. The third-order valence-corrected chi connectivity index (χ3v) is 3.47. The van der Waals surface area contributed by atoms with Gasteiger partial charge in [-0.2, -0.15) is 0 Å². The zero-order chi connectivity index (χ0) is 14.1. The summed E-state index contributed by atoms with van der Waals surface area (Å²) in [5, 5.41) is 5.16. The van der Waals surface area contributed by atoms with Crippen LogP contribution < -0.4 is 5.32 Å². The molecule has 1 N–H and O–H groups in total. The summed E-state index contributed by atoms with van der Waals surface area (Å²) in [5.41, 5.74) is 3.12. The van der Waals surface area contributed by atoms with Gasteiger partial charge in [0.2, 0.25) is 5.91 Å². The van der Waals surface area contributed by atoms with Gasteiger partial charge in [-0.05, 0) is 24.3 Å².